The minimum atomic E-state index is -3.93. The molecule has 0 radical (unpaired) electrons. The zero-order chi connectivity index (χ0) is 18.0. The Kier molecular flexibility index (Phi) is 4.82. The van der Waals surface area contributed by atoms with Crippen LogP contribution in [0.4, 0.5) is 14.5 Å². The highest BCUT2D eigenvalue weighted by molar-refractivity contribution is 7.91. The number of rotatable bonds is 5. The molecule has 0 atom stereocenters. The lowest BCUT2D eigenvalue weighted by Gasteiger charge is -2.12. The van der Waals surface area contributed by atoms with Gasteiger partial charge in [0.05, 0.1) is 22.1 Å². The Morgan fingerprint density at radius 3 is 2.64 bits per heavy atom. The first-order valence-electron chi connectivity index (χ1n) is 7.30. The highest BCUT2D eigenvalue weighted by Crippen LogP contribution is 2.30. The van der Waals surface area contributed by atoms with Crippen LogP contribution in [0.15, 0.2) is 47.8 Å². The van der Waals surface area contributed by atoms with Crippen LogP contribution in [0.3, 0.4) is 0 Å². The molecule has 0 saturated carbocycles. The summed E-state index contributed by atoms with van der Waals surface area (Å²) in [5, 5.41) is 2.68. The van der Waals surface area contributed by atoms with Crippen LogP contribution in [0.5, 0.6) is 0 Å². The molecule has 3 rings (SSSR count). The van der Waals surface area contributed by atoms with Gasteiger partial charge in [-0.05, 0) is 31.2 Å². The molecule has 0 aliphatic carbocycles. The van der Waals surface area contributed by atoms with Crippen LogP contribution in [0, 0.1) is 18.6 Å². The maximum Gasteiger partial charge on any atom is 0.237 e. The summed E-state index contributed by atoms with van der Waals surface area (Å²) in [7, 11) is -3.93. The van der Waals surface area contributed by atoms with Crippen molar-refractivity contribution >= 4 is 27.0 Å². The SMILES string of the molecule is Cc1nc(-c2ccccc2NS(=O)(=O)Cc2cc(F)ccc2F)cs1. The van der Waals surface area contributed by atoms with Crippen molar-refractivity contribution in [2.45, 2.75) is 12.7 Å². The lowest BCUT2D eigenvalue weighted by atomic mass is 10.1. The van der Waals surface area contributed by atoms with Gasteiger partial charge in [0.15, 0.2) is 0 Å². The van der Waals surface area contributed by atoms with Crippen molar-refractivity contribution in [1.29, 1.82) is 0 Å². The number of sulfonamides is 1. The zero-order valence-corrected chi connectivity index (χ0v) is 14.8. The number of benzene rings is 2. The average Bonchev–Trinajstić information content (AvgIpc) is 2.97. The van der Waals surface area contributed by atoms with Gasteiger partial charge in [-0.1, -0.05) is 18.2 Å². The maximum absolute atomic E-state index is 13.7. The molecule has 1 aromatic heterocycles. The number of para-hydroxylation sites is 1. The fourth-order valence-corrected chi connectivity index (χ4v) is 4.17. The molecule has 0 unspecified atom stereocenters. The molecule has 0 fully saturated rings. The quantitative estimate of drug-likeness (QED) is 0.716. The summed E-state index contributed by atoms with van der Waals surface area (Å²) in [6.07, 6.45) is 0. The monoisotopic (exact) mass is 380 g/mol. The lowest BCUT2D eigenvalue weighted by Crippen LogP contribution is -2.16. The third-order valence-electron chi connectivity index (χ3n) is 3.44. The highest BCUT2D eigenvalue weighted by Gasteiger charge is 2.18. The highest BCUT2D eigenvalue weighted by atomic mass is 32.2. The summed E-state index contributed by atoms with van der Waals surface area (Å²) >= 11 is 1.45. The lowest BCUT2D eigenvalue weighted by molar-refractivity contribution is 0.581. The molecule has 0 spiro atoms. The Balaban J connectivity index is 1.90. The number of hydrogen-bond acceptors (Lipinski definition) is 4. The first-order chi connectivity index (χ1) is 11.8. The van der Waals surface area contributed by atoms with E-state index in [1.165, 1.54) is 11.3 Å². The van der Waals surface area contributed by atoms with E-state index in [0.29, 0.717) is 16.9 Å². The molecule has 0 aliphatic heterocycles. The second-order valence-corrected chi connectivity index (χ2v) is 8.18. The van der Waals surface area contributed by atoms with Crippen LogP contribution in [0.2, 0.25) is 0 Å². The van der Waals surface area contributed by atoms with Gasteiger partial charge < -0.3 is 0 Å². The standard InChI is InChI=1S/C17H14F2N2O2S2/c1-11-20-17(9-24-11)14-4-2-3-5-16(14)21-25(22,23)10-12-8-13(18)6-7-15(12)19/h2-9,21H,10H2,1H3. The fourth-order valence-electron chi connectivity index (χ4n) is 2.34. The largest absolute Gasteiger partial charge is 0.283 e. The van der Waals surface area contributed by atoms with Gasteiger partial charge in [-0.2, -0.15) is 0 Å². The van der Waals surface area contributed by atoms with Crippen molar-refractivity contribution in [2.75, 3.05) is 4.72 Å². The summed E-state index contributed by atoms with van der Waals surface area (Å²) in [6, 6.07) is 9.53. The van der Waals surface area contributed by atoms with Crippen molar-refractivity contribution in [3.8, 4) is 11.3 Å². The molecule has 3 aromatic rings. The van der Waals surface area contributed by atoms with E-state index >= 15 is 0 Å². The Morgan fingerprint density at radius 1 is 1.16 bits per heavy atom. The van der Waals surface area contributed by atoms with E-state index in [0.717, 1.165) is 23.2 Å². The van der Waals surface area contributed by atoms with Crippen molar-refractivity contribution in [2.24, 2.45) is 0 Å². The zero-order valence-electron chi connectivity index (χ0n) is 13.2. The Labute approximate surface area is 148 Å². The van der Waals surface area contributed by atoms with Gasteiger partial charge in [0.2, 0.25) is 10.0 Å². The Morgan fingerprint density at radius 2 is 1.92 bits per heavy atom. The second kappa shape index (κ2) is 6.89. The third-order valence-corrected chi connectivity index (χ3v) is 5.44. The fraction of sp³-hybridized carbons (Fsp3) is 0.118. The van der Waals surface area contributed by atoms with E-state index in [9.17, 15) is 17.2 Å². The molecule has 1 heterocycles. The van der Waals surface area contributed by atoms with Crippen LogP contribution in [-0.2, 0) is 15.8 Å². The van der Waals surface area contributed by atoms with Gasteiger partial charge in [-0.3, -0.25) is 4.72 Å². The summed E-state index contributed by atoms with van der Waals surface area (Å²) in [4.78, 5) is 4.36. The average molecular weight is 380 g/mol. The molecule has 0 aliphatic rings. The van der Waals surface area contributed by atoms with Gasteiger partial charge in [0.25, 0.3) is 0 Å². The number of aryl methyl sites for hydroxylation is 1. The predicted molar refractivity (Wildman–Crippen MR) is 94.9 cm³/mol. The van der Waals surface area contributed by atoms with E-state index in [4.69, 9.17) is 0 Å². The molecule has 0 saturated heterocycles. The minimum absolute atomic E-state index is 0.227. The van der Waals surface area contributed by atoms with Gasteiger partial charge in [-0.25, -0.2) is 22.2 Å². The van der Waals surface area contributed by atoms with Crippen molar-refractivity contribution in [3.05, 3.63) is 70.1 Å². The molecular formula is C17H14F2N2O2S2. The second-order valence-electron chi connectivity index (χ2n) is 5.39. The van der Waals surface area contributed by atoms with Crippen LogP contribution in [-0.4, -0.2) is 13.4 Å². The smallest absolute Gasteiger partial charge is 0.237 e. The van der Waals surface area contributed by atoms with Gasteiger partial charge in [0.1, 0.15) is 11.6 Å². The topological polar surface area (TPSA) is 59.1 Å². The van der Waals surface area contributed by atoms with Crippen LogP contribution < -0.4 is 4.72 Å². The van der Waals surface area contributed by atoms with Crippen LogP contribution >= 0.6 is 11.3 Å². The van der Waals surface area contributed by atoms with Crippen LogP contribution in [0.1, 0.15) is 10.6 Å². The van der Waals surface area contributed by atoms with E-state index in [2.05, 4.69) is 9.71 Å². The normalized spacial score (nSPS) is 11.5. The molecule has 0 amide bonds. The van der Waals surface area contributed by atoms with E-state index in [-0.39, 0.29) is 5.56 Å². The predicted octanol–water partition coefficient (Wildman–Crippen LogP) is 4.34. The van der Waals surface area contributed by atoms with Crippen molar-refractivity contribution in [1.82, 2.24) is 4.98 Å². The maximum atomic E-state index is 13.7. The molecule has 130 valence electrons. The van der Waals surface area contributed by atoms with Crippen molar-refractivity contribution in [3.63, 3.8) is 0 Å². The molecule has 1 N–H and O–H groups in total. The van der Waals surface area contributed by atoms with Gasteiger partial charge >= 0.3 is 0 Å². The van der Waals surface area contributed by atoms with E-state index < -0.39 is 27.4 Å². The number of nitrogens with one attached hydrogen (secondary N) is 1. The molecule has 8 heteroatoms. The van der Waals surface area contributed by atoms with E-state index in [1.807, 2.05) is 12.3 Å². The molecule has 4 nitrogen and oxygen atoms in total. The van der Waals surface area contributed by atoms with Crippen molar-refractivity contribution < 1.29 is 17.2 Å². The summed E-state index contributed by atoms with van der Waals surface area (Å²) in [5.41, 5.74) is 1.38. The first kappa shape index (κ1) is 17.5. The summed E-state index contributed by atoms with van der Waals surface area (Å²) in [6.45, 7) is 1.85. The minimum Gasteiger partial charge on any atom is -0.283 e. The Hall–Kier alpha value is -2.32. The number of aromatic nitrogens is 1. The summed E-state index contributed by atoms with van der Waals surface area (Å²) < 4.78 is 54.2. The molecular weight excluding hydrogens is 366 g/mol. The molecule has 0 bridgehead atoms. The molecule has 2 aromatic carbocycles. The molecule has 25 heavy (non-hydrogen) atoms. The summed E-state index contributed by atoms with van der Waals surface area (Å²) in [5.74, 6) is -2.12. The number of halogens is 2. The number of anilines is 1. The third kappa shape index (κ3) is 4.21. The Bertz CT molecular complexity index is 1020. The number of hydrogen-bond donors (Lipinski definition) is 1. The van der Waals surface area contributed by atoms with Gasteiger partial charge in [-0.15, -0.1) is 11.3 Å². The van der Waals surface area contributed by atoms with E-state index in [1.54, 1.807) is 24.3 Å². The number of thiazole rings is 1. The first-order valence-corrected chi connectivity index (χ1v) is 9.83. The van der Waals surface area contributed by atoms with Gasteiger partial charge in [0, 0.05) is 16.5 Å². The number of nitrogens with zero attached hydrogens (tertiary/aromatic N) is 1. The van der Waals surface area contributed by atoms with Crippen LogP contribution in [0.25, 0.3) is 11.3 Å².